The number of nitrogens with one attached hydrogen (secondary N) is 1. The number of likely N-dealkylation sites (tertiary alicyclic amines) is 1. The number of ether oxygens (including phenoxy) is 1. The number of para-hydroxylation sites is 1. The highest BCUT2D eigenvalue weighted by Gasteiger charge is 2.24. The van der Waals surface area contributed by atoms with Crippen LogP contribution in [0.25, 0.3) is 0 Å². The lowest BCUT2D eigenvalue weighted by Crippen LogP contribution is -2.43. The van der Waals surface area contributed by atoms with Gasteiger partial charge in [0.15, 0.2) is 11.6 Å². The molecule has 6 nitrogen and oxygen atoms in total. The fourth-order valence-electron chi connectivity index (χ4n) is 2.56. The van der Waals surface area contributed by atoms with Crippen molar-refractivity contribution in [3.8, 4) is 5.75 Å². The highest BCUT2D eigenvalue weighted by molar-refractivity contribution is 7.10. The number of urea groups is 1. The van der Waals surface area contributed by atoms with Gasteiger partial charge in [-0.2, -0.15) is 0 Å². The van der Waals surface area contributed by atoms with E-state index in [1.807, 2.05) is 0 Å². The molecule has 23 heavy (non-hydrogen) atoms. The molecule has 0 aliphatic carbocycles. The summed E-state index contributed by atoms with van der Waals surface area (Å²) in [5.41, 5.74) is 0. The molecule has 2 aromatic rings. The second kappa shape index (κ2) is 7.36. The molecule has 0 unspecified atom stereocenters. The molecule has 2 heterocycles. The zero-order valence-electron chi connectivity index (χ0n) is 12.4. The summed E-state index contributed by atoms with van der Waals surface area (Å²) in [5.74, 6) is 0.0779. The Morgan fingerprint density at radius 3 is 3.13 bits per heavy atom. The number of nitrogens with zero attached hydrogens (tertiary/aromatic N) is 3. The standard InChI is InChI=1S/C15H17FN4O2S/c16-12-5-1-2-6-13(12)22-10-11-4-3-7-20(9-11)15(21)18-14-8-17-19-23-14/h1-2,5-6,8,11H,3-4,7,9-10H2,(H,18,21)/t11-/m1/s1. The quantitative estimate of drug-likeness (QED) is 0.932. The van der Waals surface area contributed by atoms with E-state index in [0.717, 1.165) is 24.4 Å². The second-order valence-corrected chi connectivity index (χ2v) is 6.19. The Bertz CT molecular complexity index is 653. The number of rotatable bonds is 4. The minimum absolute atomic E-state index is 0.161. The smallest absolute Gasteiger partial charge is 0.322 e. The summed E-state index contributed by atoms with van der Waals surface area (Å²) in [5, 5.41) is 7.09. The Labute approximate surface area is 137 Å². The maximum Gasteiger partial charge on any atom is 0.322 e. The van der Waals surface area contributed by atoms with E-state index in [2.05, 4.69) is 14.9 Å². The molecule has 1 aliphatic heterocycles. The number of hydrogen-bond donors (Lipinski definition) is 1. The lowest BCUT2D eigenvalue weighted by atomic mass is 9.99. The predicted octanol–water partition coefficient (Wildman–Crippen LogP) is 3.00. The van der Waals surface area contributed by atoms with Gasteiger partial charge in [-0.3, -0.25) is 5.32 Å². The summed E-state index contributed by atoms with van der Waals surface area (Å²) in [4.78, 5) is 14.0. The highest BCUT2D eigenvalue weighted by Crippen LogP contribution is 2.21. The van der Waals surface area contributed by atoms with Crippen LogP contribution in [0.4, 0.5) is 14.2 Å². The van der Waals surface area contributed by atoms with Crippen molar-refractivity contribution in [1.82, 2.24) is 14.5 Å². The van der Waals surface area contributed by atoms with Gasteiger partial charge in [-0.25, -0.2) is 9.18 Å². The molecular formula is C15H17FN4O2S. The van der Waals surface area contributed by atoms with Gasteiger partial charge in [0.05, 0.1) is 12.8 Å². The van der Waals surface area contributed by atoms with Gasteiger partial charge in [0.1, 0.15) is 5.00 Å². The first-order chi connectivity index (χ1) is 11.2. The van der Waals surface area contributed by atoms with Gasteiger partial charge in [-0.1, -0.05) is 16.6 Å². The van der Waals surface area contributed by atoms with E-state index in [1.165, 1.54) is 12.3 Å². The van der Waals surface area contributed by atoms with Gasteiger partial charge in [0, 0.05) is 30.5 Å². The van der Waals surface area contributed by atoms with Crippen molar-refractivity contribution in [2.45, 2.75) is 12.8 Å². The van der Waals surface area contributed by atoms with E-state index in [-0.39, 0.29) is 23.5 Å². The molecule has 0 spiro atoms. The molecule has 3 rings (SSSR count). The Balaban J connectivity index is 1.52. The van der Waals surface area contributed by atoms with Gasteiger partial charge >= 0.3 is 6.03 Å². The summed E-state index contributed by atoms with van der Waals surface area (Å²) < 4.78 is 22.8. The van der Waals surface area contributed by atoms with E-state index in [4.69, 9.17) is 4.74 Å². The Morgan fingerprint density at radius 1 is 1.48 bits per heavy atom. The average molecular weight is 336 g/mol. The van der Waals surface area contributed by atoms with E-state index in [1.54, 1.807) is 23.1 Å². The molecule has 0 radical (unpaired) electrons. The molecule has 1 N–H and O–H groups in total. The van der Waals surface area contributed by atoms with Crippen LogP contribution < -0.4 is 10.1 Å². The molecule has 122 valence electrons. The molecule has 0 bridgehead atoms. The van der Waals surface area contributed by atoms with Crippen LogP contribution >= 0.6 is 11.5 Å². The van der Waals surface area contributed by atoms with Crippen LogP contribution in [0.15, 0.2) is 30.5 Å². The van der Waals surface area contributed by atoms with Gasteiger partial charge in [-0.15, -0.1) is 5.10 Å². The molecule has 1 saturated heterocycles. The minimum atomic E-state index is -0.365. The van der Waals surface area contributed by atoms with Gasteiger partial charge in [0.2, 0.25) is 0 Å². The second-order valence-electron chi connectivity index (χ2n) is 5.41. The van der Waals surface area contributed by atoms with Crippen LogP contribution in [0, 0.1) is 11.7 Å². The first-order valence-electron chi connectivity index (χ1n) is 7.43. The van der Waals surface area contributed by atoms with Crippen LogP contribution in [-0.4, -0.2) is 40.2 Å². The molecule has 1 fully saturated rings. The third kappa shape index (κ3) is 4.16. The van der Waals surface area contributed by atoms with Crippen molar-refractivity contribution in [2.24, 2.45) is 5.92 Å². The number of carbonyl (C=O) groups is 1. The van der Waals surface area contributed by atoms with Crippen molar-refractivity contribution in [2.75, 3.05) is 25.0 Å². The lowest BCUT2D eigenvalue weighted by molar-refractivity contribution is 0.143. The van der Waals surface area contributed by atoms with Crippen LogP contribution in [-0.2, 0) is 0 Å². The Kier molecular flexibility index (Phi) is 5.02. The van der Waals surface area contributed by atoms with Crippen LogP contribution in [0.1, 0.15) is 12.8 Å². The van der Waals surface area contributed by atoms with Crippen molar-refractivity contribution < 1.29 is 13.9 Å². The van der Waals surface area contributed by atoms with Crippen LogP contribution in [0.5, 0.6) is 5.75 Å². The Hall–Kier alpha value is -2.22. The molecular weight excluding hydrogens is 319 g/mol. The summed E-state index contributed by atoms with van der Waals surface area (Å²) in [6.45, 7) is 1.69. The van der Waals surface area contributed by atoms with E-state index < -0.39 is 0 Å². The van der Waals surface area contributed by atoms with Gasteiger partial charge in [-0.05, 0) is 25.0 Å². The summed E-state index contributed by atoms with van der Waals surface area (Å²) in [6.07, 6.45) is 3.38. The SMILES string of the molecule is O=C(Nc1cnns1)N1CCC[C@@H](COc2ccccc2F)C1. The number of hydrogen-bond acceptors (Lipinski definition) is 5. The number of amides is 2. The number of piperidine rings is 1. The molecule has 2 amide bonds. The average Bonchev–Trinajstić information content (AvgIpc) is 3.07. The zero-order chi connectivity index (χ0) is 16.1. The number of halogens is 1. The summed E-state index contributed by atoms with van der Waals surface area (Å²) >= 11 is 1.14. The minimum Gasteiger partial charge on any atom is -0.490 e. The normalized spacial score (nSPS) is 17.8. The summed E-state index contributed by atoms with van der Waals surface area (Å²) in [7, 11) is 0. The van der Waals surface area contributed by atoms with Crippen molar-refractivity contribution in [3.63, 3.8) is 0 Å². The maximum absolute atomic E-state index is 13.6. The fourth-order valence-corrected chi connectivity index (χ4v) is 2.97. The van der Waals surface area contributed by atoms with E-state index in [9.17, 15) is 9.18 Å². The maximum atomic E-state index is 13.6. The lowest BCUT2D eigenvalue weighted by Gasteiger charge is -2.32. The molecule has 1 aromatic carbocycles. The third-order valence-electron chi connectivity index (χ3n) is 3.71. The molecule has 1 aromatic heterocycles. The molecule has 0 saturated carbocycles. The number of benzene rings is 1. The largest absolute Gasteiger partial charge is 0.490 e. The highest BCUT2D eigenvalue weighted by atomic mass is 32.1. The molecule has 1 atom stereocenters. The first kappa shape index (κ1) is 15.7. The van der Waals surface area contributed by atoms with E-state index >= 15 is 0 Å². The number of carbonyl (C=O) groups excluding carboxylic acids is 1. The molecule has 1 aliphatic rings. The van der Waals surface area contributed by atoms with E-state index in [0.29, 0.717) is 24.7 Å². The predicted molar refractivity (Wildman–Crippen MR) is 85.1 cm³/mol. The first-order valence-corrected chi connectivity index (χ1v) is 8.20. The van der Waals surface area contributed by atoms with Gasteiger partial charge < -0.3 is 9.64 Å². The summed E-state index contributed by atoms with van der Waals surface area (Å²) in [6, 6.07) is 6.19. The van der Waals surface area contributed by atoms with Crippen molar-refractivity contribution in [1.29, 1.82) is 0 Å². The van der Waals surface area contributed by atoms with Crippen molar-refractivity contribution in [3.05, 3.63) is 36.3 Å². The Morgan fingerprint density at radius 2 is 2.35 bits per heavy atom. The van der Waals surface area contributed by atoms with Crippen LogP contribution in [0.3, 0.4) is 0 Å². The number of anilines is 1. The number of aromatic nitrogens is 2. The molecule has 8 heteroatoms. The zero-order valence-corrected chi connectivity index (χ0v) is 13.3. The van der Waals surface area contributed by atoms with Gasteiger partial charge in [0.25, 0.3) is 0 Å². The monoisotopic (exact) mass is 336 g/mol. The third-order valence-corrected chi connectivity index (χ3v) is 4.29. The topological polar surface area (TPSA) is 67.4 Å². The van der Waals surface area contributed by atoms with Crippen LogP contribution in [0.2, 0.25) is 0 Å². The van der Waals surface area contributed by atoms with Crippen molar-refractivity contribution >= 4 is 22.6 Å². The fraction of sp³-hybridized carbons (Fsp3) is 0.400.